The van der Waals surface area contributed by atoms with E-state index in [0.717, 1.165) is 0 Å². The molecule has 4 atom stereocenters. The SMILES string of the molecule is CSCCC(N)C(=O)NC(CCCCN)C(=O)NC(Cc1ccc(O)cc1)C(=O)NC(C(=O)O)C(C)C. The van der Waals surface area contributed by atoms with E-state index in [2.05, 4.69) is 16.0 Å². The second kappa shape index (κ2) is 16.8. The van der Waals surface area contributed by atoms with Crippen molar-refractivity contribution in [3.8, 4) is 5.75 Å². The predicted octanol–water partition coefficient (Wildman–Crippen LogP) is 0.339. The lowest BCUT2D eigenvalue weighted by molar-refractivity contribution is -0.143. The molecular formula is C25H41N5O6S. The maximum absolute atomic E-state index is 13.3. The molecule has 1 aromatic rings. The number of unbranched alkanes of at least 4 members (excludes halogenated alkanes) is 1. The number of carbonyl (C=O) groups excluding carboxylic acids is 3. The number of carbonyl (C=O) groups is 4. The number of amides is 3. The highest BCUT2D eigenvalue weighted by atomic mass is 32.2. The summed E-state index contributed by atoms with van der Waals surface area (Å²) in [6.07, 6.45) is 3.89. The fourth-order valence-electron chi connectivity index (χ4n) is 3.53. The molecule has 0 aliphatic heterocycles. The van der Waals surface area contributed by atoms with Crippen LogP contribution in [-0.2, 0) is 25.6 Å². The number of carboxylic acid groups (broad SMARTS) is 1. The van der Waals surface area contributed by atoms with Crippen molar-refractivity contribution < 1.29 is 29.4 Å². The van der Waals surface area contributed by atoms with Gasteiger partial charge in [0.2, 0.25) is 17.7 Å². The molecule has 4 unspecified atom stereocenters. The molecule has 12 heteroatoms. The molecule has 0 radical (unpaired) electrons. The van der Waals surface area contributed by atoms with Crippen molar-refractivity contribution in [1.82, 2.24) is 16.0 Å². The highest BCUT2D eigenvalue weighted by Gasteiger charge is 2.31. The molecule has 37 heavy (non-hydrogen) atoms. The number of benzene rings is 1. The van der Waals surface area contributed by atoms with Gasteiger partial charge in [-0.05, 0) is 67.9 Å². The third-order valence-corrected chi connectivity index (χ3v) is 6.43. The zero-order valence-corrected chi connectivity index (χ0v) is 22.6. The van der Waals surface area contributed by atoms with Crippen molar-refractivity contribution in [3.63, 3.8) is 0 Å². The lowest BCUT2D eigenvalue weighted by Gasteiger charge is -2.26. The summed E-state index contributed by atoms with van der Waals surface area (Å²) in [5, 5.41) is 26.9. The van der Waals surface area contributed by atoms with E-state index >= 15 is 0 Å². The Morgan fingerprint density at radius 1 is 0.919 bits per heavy atom. The van der Waals surface area contributed by atoms with Gasteiger partial charge in [-0.25, -0.2) is 4.79 Å². The molecule has 0 aliphatic rings. The molecule has 1 rings (SSSR count). The van der Waals surface area contributed by atoms with E-state index in [0.29, 0.717) is 43.5 Å². The minimum Gasteiger partial charge on any atom is -0.508 e. The second-order valence-corrected chi connectivity index (χ2v) is 10.2. The Morgan fingerprint density at radius 2 is 1.51 bits per heavy atom. The van der Waals surface area contributed by atoms with Gasteiger partial charge in [-0.2, -0.15) is 11.8 Å². The zero-order chi connectivity index (χ0) is 28.0. The molecule has 0 fully saturated rings. The van der Waals surface area contributed by atoms with Crippen molar-refractivity contribution in [2.24, 2.45) is 17.4 Å². The fraction of sp³-hybridized carbons (Fsp3) is 0.600. The second-order valence-electron chi connectivity index (χ2n) is 9.23. The molecule has 0 bridgehead atoms. The van der Waals surface area contributed by atoms with Crippen LogP contribution in [0.1, 0.15) is 45.1 Å². The van der Waals surface area contributed by atoms with Crippen LogP contribution in [0.4, 0.5) is 0 Å². The summed E-state index contributed by atoms with van der Waals surface area (Å²) in [7, 11) is 0. The van der Waals surface area contributed by atoms with Gasteiger partial charge < -0.3 is 37.6 Å². The Hall–Kier alpha value is -2.83. The van der Waals surface area contributed by atoms with Crippen molar-refractivity contribution in [2.45, 2.75) is 70.1 Å². The molecular weight excluding hydrogens is 498 g/mol. The minimum absolute atomic E-state index is 0.0407. The van der Waals surface area contributed by atoms with Crippen LogP contribution < -0.4 is 27.4 Å². The first-order chi connectivity index (χ1) is 17.5. The van der Waals surface area contributed by atoms with Crippen LogP contribution >= 0.6 is 11.8 Å². The van der Waals surface area contributed by atoms with Crippen LogP contribution in [0.5, 0.6) is 5.75 Å². The molecule has 0 aliphatic carbocycles. The molecule has 3 amide bonds. The van der Waals surface area contributed by atoms with Crippen LogP contribution in [0.25, 0.3) is 0 Å². The van der Waals surface area contributed by atoms with Gasteiger partial charge in [-0.1, -0.05) is 26.0 Å². The van der Waals surface area contributed by atoms with Crippen LogP contribution in [0.15, 0.2) is 24.3 Å². The Balaban J connectivity index is 3.12. The number of phenolic OH excluding ortho intramolecular Hbond substituents is 1. The molecule has 0 spiro atoms. The van der Waals surface area contributed by atoms with Crippen LogP contribution in [-0.4, -0.2) is 76.6 Å². The highest BCUT2D eigenvalue weighted by Crippen LogP contribution is 2.13. The maximum atomic E-state index is 13.3. The lowest BCUT2D eigenvalue weighted by Crippen LogP contribution is -2.58. The number of hydrogen-bond donors (Lipinski definition) is 7. The summed E-state index contributed by atoms with van der Waals surface area (Å²) in [6, 6.07) is 2.09. The van der Waals surface area contributed by atoms with Crippen LogP contribution in [0.3, 0.4) is 0 Å². The first-order valence-corrected chi connectivity index (χ1v) is 13.8. The molecule has 208 valence electrons. The van der Waals surface area contributed by atoms with E-state index in [-0.39, 0.29) is 12.2 Å². The predicted molar refractivity (Wildman–Crippen MR) is 144 cm³/mol. The molecule has 1 aromatic carbocycles. The minimum atomic E-state index is -1.19. The van der Waals surface area contributed by atoms with Crippen LogP contribution in [0, 0.1) is 5.92 Å². The Labute approximate surface area is 222 Å². The highest BCUT2D eigenvalue weighted by molar-refractivity contribution is 7.98. The van der Waals surface area contributed by atoms with Gasteiger partial charge in [0.05, 0.1) is 6.04 Å². The number of hydrogen-bond acceptors (Lipinski definition) is 8. The summed E-state index contributed by atoms with van der Waals surface area (Å²) < 4.78 is 0. The number of rotatable bonds is 17. The summed E-state index contributed by atoms with van der Waals surface area (Å²) in [5.74, 6) is -2.58. The summed E-state index contributed by atoms with van der Waals surface area (Å²) in [5.41, 5.74) is 12.2. The number of nitrogens with one attached hydrogen (secondary N) is 3. The van der Waals surface area contributed by atoms with E-state index in [9.17, 15) is 29.4 Å². The largest absolute Gasteiger partial charge is 0.508 e. The number of carboxylic acids is 1. The van der Waals surface area contributed by atoms with E-state index in [1.54, 1.807) is 37.7 Å². The van der Waals surface area contributed by atoms with Crippen molar-refractivity contribution in [2.75, 3.05) is 18.6 Å². The Morgan fingerprint density at radius 3 is 2.05 bits per heavy atom. The van der Waals surface area contributed by atoms with Gasteiger partial charge >= 0.3 is 5.97 Å². The molecule has 0 aromatic heterocycles. The van der Waals surface area contributed by atoms with Gasteiger partial charge in [-0.3, -0.25) is 14.4 Å². The van der Waals surface area contributed by atoms with Crippen molar-refractivity contribution in [3.05, 3.63) is 29.8 Å². The number of nitrogens with two attached hydrogens (primary N) is 2. The van der Waals surface area contributed by atoms with Crippen LogP contribution in [0.2, 0.25) is 0 Å². The van der Waals surface area contributed by atoms with Crippen molar-refractivity contribution >= 4 is 35.5 Å². The number of aromatic hydroxyl groups is 1. The van der Waals surface area contributed by atoms with Gasteiger partial charge in [0.15, 0.2) is 0 Å². The Bertz CT molecular complexity index is 883. The Kier molecular flexibility index (Phi) is 14.6. The number of thioether (sulfide) groups is 1. The van der Waals surface area contributed by atoms with E-state index in [1.807, 2.05) is 6.26 Å². The van der Waals surface area contributed by atoms with E-state index < -0.39 is 53.8 Å². The quantitative estimate of drug-likeness (QED) is 0.136. The van der Waals surface area contributed by atoms with Crippen molar-refractivity contribution in [1.29, 1.82) is 0 Å². The van der Waals surface area contributed by atoms with Gasteiger partial charge in [0, 0.05) is 6.42 Å². The lowest BCUT2D eigenvalue weighted by atomic mass is 10.0. The first kappa shape index (κ1) is 32.2. The topological polar surface area (TPSA) is 197 Å². The standard InChI is InChI=1S/C25H41N5O6S/c1-15(2)21(25(35)36)30-24(34)20(14-16-7-9-17(31)10-8-16)29-23(33)19(6-4-5-12-26)28-22(32)18(27)11-13-37-3/h7-10,15,18-21,31H,4-6,11-14,26-27H2,1-3H3,(H,28,32)(H,29,33)(H,30,34)(H,35,36). The van der Waals surface area contributed by atoms with E-state index in [4.69, 9.17) is 11.5 Å². The van der Waals surface area contributed by atoms with E-state index in [1.165, 1.54) is 12.1 Å². The van der Waals surface area contributed by atoms with Gasteiger partial charge in [0.25, 0.3) is 0 Å². The van der Waals surface area contributed by atoms with Gasteiger partial charge in [0.1, 0.15) is 23.9 Å². The third kappa shape index (κ3) is 11.8. The third-order valence-electron chi connectivity index (χ3n) is 5.79. The fourth-order valence-corrected chi connectivity index (χ4v) is 4.02. The smallest absolute Gasteiger partial charge is 0.326 e. The molecule has 0 saturated carbocycles. The molecule has 9 N–H and O–H groups in total. The summed E-state index contributed by atoms with van der Waals surface area (Å²) >= 11 is 1.56. The molecule has 0 saturated heterocycles. The number of aliphatic carboxylic acids is 1. The maximum Gasteiger partial charge on any atom is 0.326 e. The average Bonchev–Trinajstić information content (AvgIpc) is 2.85. The normalized spacial score (nSPS) is 14.3. The summed E-state index contributed by atoms with van der Waals surface area (Å²) in [4.78, 5) is 50.7. The summed E-state index contributed by atoms with van der Waals surface area (Å²) in [6.45, 7) is 3.75. The van der Waals surface area contributed by atoms with Gasteiger partial charge in [-0.15, -0.1) is 0 Å². The number of phenols is 1. The average molecular weight is 540 g/mol. The monoisotopic (exact) mass is 539 g/mol. The molecule has 0 heterocycles. The first-order valence-electron chi connectivity index (χ1n) is 12.4. The zero-order valence-electron chi connectivity index (χ0n) is 21.7. The molecule has 11 nitrogen and oxygen atoms in total.